The van der Waals surface area contributed by atoms with Crippen molar-refractivity contribution >= 4 is 39.1 Å². The highest BCUT2D eigenvalue weighted by molar-refractivity contribution is 8.18. The van der Waals surface area contributed by atoms with E-state index in [-0.39, 0.29) is 28.3 Å². The molecule has 1 fully saturated rings. The molecule has 0 aliphatic carbocycles. The first-order chi connectivity index (χ1) is 16.3. The Bertz CT molecular complexity index is 1360. The molecule has 0 spiro atoms. The van der Waals surface area contributed by atoms with Gasteiger partial charge in [0.2, 0.25) is 0 Å². The third kappa shape index (κ3) is 5.16. The third-order valence-corrected chi connectivity index (χ3v) is 7.36. The molecule has 0 atom stereocenters. The van der Waals surface area contributed by atoms with Crippen LogP contribution in [0.4, 0.5) is 4.79 Å². The second kappa shape index (κ2) is 9.74. The van der Waals surface area contributed by atoms with Gasteiger partial charge in [-0.15, -0.1) is 0 Å². The van der Waals surface area contributed by atoms with Crippen LogP contribution in [0.5, 0.6) is 11.5 Å². The Balaban J connectivity index is 1.46. The van der Waals surface area contributed by atoms with Gasteiger partial charge in [0.15, 0.2) is 0 Å². The van der Waals surface area contributed by atoms with E-state index in [2.05, 4.69) is 0 Å². The number of methoxy groups -OCH3 is 1. The fourth-order valence-electron chi connectivity index (χ4n) is 3.28. The Labute approximate surface area is 202 Å². The highest BCUT2D eigenvalue weighted by Gasteiger charge is 2.35. The molecule has 34 heavy (non-hydrogen) atoms. The van der Waals surface area contributed by atoms with E-state index in [1.54, 1.807) is 18.2 Å². The number of rotatable bonds is 7. The summed E-state index contributed by atoms with van der Waals surface area (Å²) in [6, 6.07) is 19.7. The zero-order chi connectivity index (χ0) is 24.3. The monoisotopic (exact) mass is 495 g/mol. The van der Waals surface area contributed by atoms with Gasteiger partial charge in [0.25, 0.3) is 11.1 Å². The lowest BCUT2D eigenvalue weighted by atomic mass is 10.1. The Hall–Kier alpha value is -3.56. The number of carbonyl (C=O) groups excluding carboxylic acids is 2. The van der Waals surface area contributed by atoms with Crippen LogP contribution in [0.1, 0.15) is 16.7 Å². The summed E-state index contributed by atoms with van der Waals surface area (Å²) in [7, 11) is -2.52. The number of carbonyl (C=O) groups is 2. The van der Waals surface area contributed by atoms with Crippen LogP contribution in [0.2, 0.25) is 0 Å². The molecule has 174 valence electrons. The van der Waals surface area contributed by atoms with Gasteiger partial charge in [-0.25, -0.2) is 0 Å². The summed E-state index contributed by atoms with van der Waals surface area (Å²) in [4.78, 5) is 26.7. The van der Waals surface area contributed by atoms with Gasteiger partial charge in [-0.05, 0) is 77.9 Å². The lowest BCUT2D eigenvalue weighted by Crippen LogP contribution is -2.27. The number of imide groups is 1. The van der Waals surface area contributed by atoms with E-state index in [1.165, 1.54) is 48.4 Å². The molecule has 1 heterocycles. The number of ether oxygens (including phenoxy) is 1. The molecule has 1 aliphatic heterocycles. The number of aryl methyl sites for hydroxylation is 1. The minimum atomic E-state index is -4.01. The van der Waals surface area contributed by atoms with Crippen molar-refractivity contribution in [3.63, 3.8) is 0 Å². The van der Waals surface area contributed by atoms with Crippen molar-refractivity contribution in [2.24, 2.45) is 0 Å². The number of amides is 2. The zero-order valence-electron chi connectivity index (χ0n) is 18.4. The van der Waals surface area contributed by atoms with E-state index < -0.39 is 10.1 Å². The van der Waals surface area contributed by atoms with Gasteiger partial charge < -0.3 is 8.92 Å². The third-order valence-electron chi connectivity index (χ3n) is 5.20. The molecule has 0 unspecified atom stereocenters. The topological polar surface area (TPSA) is 90.0 Å². The number of hydrogen-bond donors (Lipinski definition) is 0. The number of thioether (sulfide) groups is 1. The van der Waals surface area contributed by atoms with Gasteiger partial charge in [0.1, 0.15) is 16.4 Å². The second-order valence-electron chi connectivity index (χ2n) is 7.48. The molecule has 1 saturated heterocycles. The number of nitrogens with zero attached hydrogens (tertiary/aromatic N) is 1. The zero-order valence-corrected chi connectivity index (χ0v) is 20.1. The first kappa shape index (κ1) is 23.6. The van der Waals surface area contributed by atoms with Crippen molar-refractivity contribution in [3.8, 4) is 11.5 Å². The molecule has 1 aliphatic rings. The van der Waals surface area contributed by atoms with Gasteiger partial charge in [-0.3, -0.25) is 14.5 Å². The number of benzene rings is 3. The van der Waals surface area contributed by atoms with Gasteiger partial charge in [0.05, 0.1) is 18.6 Å². The summed E-state index contributed by atoms with van der Waals surface area (Å²) in [6.07, 6.45) is 1.60. The van der Waals surface area contributed by atoms with E-state index in [1.807, 2.05) is 31.2 Å². The molecule has 9 heteroatoms. The lowest BCUT2D eigenvalue weighted by Gasteiger charge is -2.14. The molecule has 0 aromatic heterocycles. The van der Waals surface area contributed by atoms with Crippen LogP contribution < -0.4 is 8.92 Å². The quantitative estimate of drug-likeness (QED) is 0.336. The molecule has 0 saturated carbocycles. The molecular weight excluding hydrogens is 474 g/mol. The molecule has 7 nitrogen and oxygen atoms in total. The second-order valence-corrected chi connectivity index (χ2v) is 10.0. The average Bonchev–Trinajstić information content (AvgIpc) is 3.09. The summed E-state index contributed by atoms with van der Waals surface area (Å²) in [5.41, 5.74) is 2.55. The van der Waals surface area contributed by atoms with Gasteiger partial charge in [-0.2, -0.15) is 8.42 Å². The fraction of sp³-hybridized carbons (Fsp3) is 0.120. The fourth-order valence-corrected chi connectivity index (χ4v) is 5.05. The van der Waals surface area contributed by atoms with E-state index in [0.29, 0.717) is 16.2 Å². The van der Waals surface area contributed by atoms with Crippen LogP contribution >= 0.6 is 11.8 Å². The van der Waals surface area contributed by atoms with E-state index >= 15 is 0 Å². The molecule has 0 radical (unpaired) electrons. The highest BCUT2D eigenvalue weighted by Crippen LogP contribution is 2.34. The predicted octanol–water partition coefficient (Wildman–Crippen LogP) is 5.01. The van der Waals surface area contributed by atoms with Gasteiger partial charge in [-0.1, -0.05) is 36.4 Å². The average molecular weight is 496 g/mol. The van der Waals surface area contributed by atoms with Gasteiger partial charge >= 0.3 is 10.1 Å². The van der Waals surface area contributed by atoms with Crippen molar-refractivity contribution in [1.29, 1.82) is 0 Å². The molecule has 2 amide bonds. The Morgan fingerprint density at radius 1 is 0.912 bits per heavy atom. The molecule has 4 rings (SSSR count). The van der Waals surface area contributed by atoms with Gasteiger partial charge in [0, 0.05) is 0 Å². The molecule has 0 bridgehead atoms. The molecule has 3 aromatic carbocycles. The van der Waals surface area contributed by atoms with E-state index in [4.69, 9.17) is 8.92 Å². The molecule has 3 aromatic rings. The molecule has 0 N–H and O–H groups in total. The predicted molar refractivity (Wildman–Crippen MR) is 130 cm³/mol. The van der Waals surface area contributed by atoms with Crippen LogP contribution in [0, 0.1) is 6.92 Å². The maximum Gasteiger partial charge on any atom is 0.339 e. The summed E-state index contributed by atoms with van der Waals surface area (Å²) >= 11 is 0.877. The van der Waals surface area contributed by atoms with Crippen molar-refractivity contribution in [3.05, 3.63) is 94.4 Å². The first-order valence-corrected chi connectivity index (χ1v) is 12.5. The van der Waals surface area contributed by atoms with Crippen LogP contribution in [0.15, 0.2) is 82.6 Å². The minimum Gasteiger partial charge on any atom is -0.497 e. The van der Waals surface area contributed by atoms with Crippen molar-refractivity contribution in [2.45, 2.75) is 18.4 Å². The number of hydrogen-bond acceptors (Lipinski definition) is 7. The Morgan fingerprint density at radius 2 is 1.56 bits per heavy atom. The summed E-state index contributed by atoms with van der Waals surface area (Å²) < 4.78 is 35.2. The Morgan fingerprint density at radius 3 is 2.21 bits per heavy atom. The summed E-state index contributed by atoms with van der Waals surface area (Å²) in [5.74, 6) is 0.299. The van der Waals surface area contributed by atoms with Crippen molar-refractivity contribution < 1.29 is 26.9 Å². The van der Waals surface area contributed by atoms with E-state index in [9.17, 15) is 18.0 Å². The maximum absolute atomic E-state index is 12.8. The Kier molecular flexibility index (Phi) is 6.76. The standard InChI is InChI=1S/C25H21NO6S2/c1-17-5-3-4-6-19(17)16-26-24(27)23(33-25(26)28)15-18-7-9-21(10-8-18)32-34(29,30)22-13-11-20(31-2)12-14-22/h3-15H,16H2,1-2H3/b23-15-. The van der Waals surface area contributed by atoms with Crippen LogP contribution in [-0.2, 0) is 21.5 Å². The van der Waals surface area contributed by atoms with Crippen LogP contribution in [-0.4, -0.2) is 31.6 Å². The van der Waals surface area contributed by atoms with Crippen LogP contribution in [0.25, 0.3) is 6.08 Å². The summed E-state index contributed by atoms with van der Waals surface area (Å²) in [5, 5.41) is -0.329. The highest BCUT2D eigenvalue weighted by atomic mass is 32.2. The maximum atomic E-state index is 12.8. The van der Waals surface area contributed by atoms with Crippen molar-refractivity contribution in [1.82, 2.24) is 4.90 Å². The lowest BCUT2D eigenvalue weighted by molar-refractivity contribution is -0.123. The minimum absolute atomic E-state index is 0.000275. The first-order valence-electron chi connectivity index (χ1n) is 10.3. The largest absolute Gasteiger partial charge is 0.497 e. The normalized spacial score (nSPS) is 15.1. The summed E-state index contributed by atoms with van der Waals surface area (Å²) in [6.45, 7) is 2.15. The SMILES string of the molecule is COc1ccc(S(=O)(=O)Oc2ccc(/C=C3\SC(=O)N(Cc4ccccc4C)C3=O)cc2)cc1. The van der Waals surface area contributed by atoms with Crippen LogP contribution in [0.3, 0.4) is 0 Å². The molecular formula is C25H21NO6S2. The van der Waals surface area contributed by atoms with Crippen molar-refractivity contribution in [2.75, 3.05) is 7.11 Å². The van der Waals surface area contributed by atoms with E-state index in [0.717, 1.165) is 22.9 Å². The smallest absolute Gasteiger partial charge is 0.339 e.